The zero-order valence-corrected chi connectivity index (χ0v) is 43.9. The third kappa shape index (κ3) is 7.46. The number of fused-ring (bicyclic) bond motifs is 15. The van der Waals surface area contributed by atoms with Crippen LogP contribution >= 0.6 is 0 Å². The normalized spacial score (nSPS) is 15.9. The Kier molecular flexibility index (Phi) is 10.5. The van der Waals surface area contributed by atoms with Crippen LogP contribution in [-0.4, -0.2) is 12.6 Å². The summed E-state index contributed by atoms with van der Waals surface area (Å²) in [6.07, 6.45) is 5.41. The Balaban J connectivity index is 1.25. The summed E-state index contributed by atoms with van der Waals surface area (Å²) in [6, 6.07) is 60.9. The van der Waals surface area contributed by atoms with Crippen LogP contribution in [-0.2, 0) is 18.3 Å². The van der Waals surface area contributed by atoms with Crippen molar-refractivity contribution >= 4 is 51.9 Å². The Labute approximate surface area is 420 Å². The van der Waals surface area contributed by atoms with Gasteiger partial charge in [-0.05, 0) is 94.3 Å². The topological polar surface area (TPSA) is 25.8 Å². The third-order valence-electron chi connectivity index (χ3n) is 15.4. The van der Waals surface area contributed by atoms with Gasteiger partial charge in [-0.3, -0.25) is 0 Å². The lowest BCUT2D eigenvalue weighted by molar-refractivity contribution is -0.723. The van der Waals surface area contributed by atoms with Gasteiger partial charge in [0, 0.05) is 33.2 Å². The minimum Gasteiger partial charge on any atom is -0.455 e. The fourth-order valence-corrected chi connectivity index (χ4v) is 13.9. The van der Waals surface area contributed by atoms with E-state index in [0.717, 1.165) is 97.3 Å². The van der Waals surface area contributed by atoms with Crippen molar-refractivity contribution in [1.29, 1.82) is 0 Å². The highest BCUT2D eigenvalue weighted by Crippen LogP contribution is 2.50. The van der Waals surface area contributed by atoms with E-state index >= 15 is 0 Å². The lowest BCUT2D eigenvalue weighted by Gasteiger charge is -2.34. The number of hydrogen-bond acceptors (Lipinski definition) is 1. The van der Waals surface area contributed by atoms with Gasteiger partial charge in [0.05, 0.1) is 19.6 Å². The molecule has 0 aliphatic carbocycles. The van der Waals surface area contributed by atoms with E-state index in [4.69, 9.17) is 11.0 Å². The second-order valence-corrected chi connectivity index (χ2v) is 28.7. The minimum atomic E-state index is -1.89. The van der Waals surface area contributed by atoms with E-state index in [1.165, 1.54) is 38.7 Å². The van der Waals surface area contributed by atoms with Crippen molar-refractivity contribution in [3.05, 3.63) is 199 Å². The number of furan rings is 1. The van der Waals surface area contributed by atoms with Gasteiger partial charge in [-0.15, -0.1) is 0 Å². The van der Waals surface area contributed by atoms with Gasteiger partial charge in [-0.25, -0.2) is 0 Å². The van der Waals surface area contributed by atoms with Crippen molar-refractivity contribution in [2.24, 2.45) is 5.41 Å². The Bertz CT molecular complexity index is 3700. The number of benzene rings is 7. The molecule has 4 nitrogen and oxygen atoms in total. The molecule has 0 saturated heterocycles. The van der Waals surface area contributed by atoms with E-state index in [1.807, 2.05) is 0 Å². The van der Waals surface area contributed by atoms with Gasteiger partial charge < -0.3 is 4.42 Å². The highest BCUT2D eigenvalue weighted by atomic mass is 28.3. The molecule has 2 aliphatic heterocycles. The predicted octanol–water partition coefficient (Wildman–Crippen LogP) is 16.0. The SMILES string of the molecule is C=C1C2C(CCc3ccc4c(oc5ccccc54)c3-c3n(-c4c(-c5ccccc5)cccc4-c4ccccc4)c4ccccc4[n+]31)c1ccc(C(C)(C)C)cc1-c1cc(CC(C)(C)C)c([Si](C)(C)C)c[n+]12. The monoisotopic (exact) mass is 943 g/mol. The molecular weight excluding hydrogens is 879 g/mol. The van der Waals surface area contributed by atoms with Crippen LogP contribution in [0.2, 0.25) is 19.6 Å². The molecule has 0 bridgehead atoms. The second kappa shape index (κ2) is 16.5. The van der Waals surface area contributed by atoms with Crippen molar-refractivity contribution < 1.29 is 13.6 Å². The predicted molar refractivity (Wildman–Crippen MR) is 299 cm³/mol. The van der Waals surface area contributed by atoms with E-state index in [-0.39, 0.29) is 22.8 Å². The zero-order chi connectivity index (χ0) is 49.1. The van der Waals surface area contributed by atoms with Crippen molar-refractivity contribution in [3.63, 3.8) is 0 Å². The highest BCUT2D eigenvalue weighted by Gasteiger charge is 2.49. The summed E-state index contributed by atoms with van der Waals surface area (Å²) >= 11 is 0. The van der Waals surface area contributed by atoms with Crippen LogP contribution in [0.25, 0.3) is 89.3 Å². The summed E-state index contributed by atoms with van der Waals surface area (Å²) in [7, 11) is -1.89. The number of rotatable bonds is 5. The van der Waals surface area contributed by atoms with E-state index in [2.05, 4.69) is 245 Å². The largest absolute Gasteiger partial charge is 0.455 e. The van der Waals surface area contributed by atoms with E-state index < -0.39 is 8.07 Å². The number of allylic oxidation sites excluding steroid dienone is 1. The van der Waals surface area contributed by atoms with Gasteiger partial charge in [0.25, 0.3) is 0 Å². The number of aryl methyl sites for hydroxylation is 1. The van der Waals surface area contributed by atoms with Gasteiger partial charge >= 0.3 is 5.82 Å². The Hall–Kier alpha value is -7.08. The molecule has 2 aliphatic rings. The number of para-hydroxylation sites is 4. The summed E-state index contributed by atoms with van der Waals surface area (Å²) in [5, 5.41) is 3.78. The van der Waals surface area contributed by atoms with Crippen molar-refractivity contribution in [2.45, 2.75) is 97.8 Å². The quantitative estimate of drug-likeness (QED) is 0.125. The standard InChI is InChI=1S/C66H65N3OSi/c1-42-61-52(50-37-34-47(66(5,6)7)39-54(50)57-38-46(40-65(2,3)4)59(41-67(57)61)71(8,9)10)35-32-45-33-36-53-51-26-17-20-31-58(51)70-63(53)60(45)64-68(42)55-29-18-19-30-56(55)69(64)62-48(43-22-13-11-14-23-43)27-21-28-49(62)44-24-15-12-16-25-44/h11-31,33-34,36-39,41,52,61H,1,32,35,40H2,2-10H3/q+2. The molecular formula is C66H65N3OSi+2. The smallest absolute Gasteiger partial charge is 0.304 e. The first-order chi connectivity index (χ1) is 34.0. The van der Waals surface area contributed by atoms with E-state index in [9.17, 15) is 0 Å². The maximum atomic E-state index is 7.22. The maximum absolute atomic E-state index is 7.22. The molecule has 0 radical (unpaired) electrons. The molecule has 2 atom stereocenters. The average molecular weight is 944 g/mol. The van der Waals surface area contributed by atoms with Crippen molar-refractivity contribution in [2.75, 3.05) is 0 Å². The molecule has 5 heteroatoms. The van der Waals surface area contributed by atoms with Crippen LogP contribution in [0.15, 0.2) is 181 Å². The molecule has 10 aromatic rings. The van der Waals surface area contributed by atoms with Gasteiger partial charge in [0.2, 0.25) is 11.7 Å². The fourth-order valence-electron chi connectivity index (χ4n) is 12.2. The third-order valence-corrected chi connectivity index (χ3v) is 17.5. The highest BCUT2D eigenvalue weighted by molar-refractivity contribution is 6.89. The fraction of sp³-hybridized carbons (Fsp3) is 0.242. The van der Waals surface area contributed by atoms with Crippen LogP contribution in [0, 0.1) is 5.41 Å². The molecule has 352 valence electrons. The van der Waals surface area contributed by atoms with Crippen LogP contribution < -0.4 is 14.3 Å². The van der Waals surface area contributed by atoms with E-state index in [0.29, 0.717) is 0 Å². The van der Waals surface area contributed by atoms with Gasteiger partial charge in [-0.2, -0.15) is 13.7 Å². The van der Waals surface area contributed by atoms with Crippen LogP contribution in [0.5, 0.6) is 0 Å². The minimum absolute atomic E-state index is 0.0106. The van der Waals surface area contributed by atoms with Gasteiger partial charge in [0.15, 0.2) is 28.5 Å². The molecule has 0 amide bonds. The maximum Gasteiger partial charge on any atom is 0.304 e. The van der Waals surface area contributed by atoms with Crippen LogP contribution in [0.3, 0.4) is 0 Å². The lowest BCUT2D eigenvalue weighted by atomic mass is 9.75. The molecule has 71 heavy (non-hydrogen) atoms. The zero-order valence-electron chi connectivity index (χ0n) is 42.9. The molecule has 0 fully saturated rings. The van der Waals surface area contributed by atoms with Crippen LogP contribution in [0.4, 0.5) is 0 Å². The summed E-state index contributed by atoms with van der Waals surface area (Å²) < 4.78 is 15.1. The Morgan fingerprint density at radius 1 is 0.676 bits per heavy atom. The first-order valence-electron chi connectivity index (χ1n) is 25.7. The van der Waals surface area contributed by atoms with Gasteiger partial charge in [0.1, 0.15) is 16.8 Å². The Morgan fingerprint density at radius 3 is 2.01 bits per heavy atom. The molecule has 0 spiro atoms. The molecule has 2 unspecified atom stereocenters. The van der Waals surface area contributed by atoms with Crippen molar-refractivity contribution in [3.8, 4) is 50.6 Å². The number of pyridine rings is 1. The summed E-state index contributed by atoms with van der Waals surface area (Å²) in [4.78, 5) is 0. The molecule has 5 heterocycles. The number of nitrogens with zero attached hydrogens (tertiary/aromatic N) is 3. The van der Waals surface area contributed by atoms with Crippen LogP contribution in [0.1, 0.15) is 82.2 Å². The first-order valence-corrected chi connectivity index (χ1v) is 29.2. The Morgan fingerprint density at radius 2 is 1.34 bits per heavy atom. The lowest BCUT2D eigenvalue weighted by Crippen LogP contribution is -2.57. The average Bonchev–Trinajstić information content (AvgIpc) is 3.91. The summed E-state index contributed by atoms with van der Waals surface area (Å²) in [5.74, 6) is 1.19. The molecule has 3 aromatic heterocycles. The summed E-state index contributed by atoms with van der Waals surface area (Å²) in [6.45, 7) is 27.2. The summed E-state index contributed by atoms with van der Waals surface area (Å²) in [5.41, 5.74) is 20.2. The van der Waals surface area contributed by atoms with Gasteiger partial charge in [-0.1, -0.05) is 195 Å². The van der Waals surface area contributed by atoms with E-state index in [1.54, 1.807) is 0 Å². The molecule has 7 aromatic carbocycles. The molecule has 0 N–H and O–H groups in total. The molecule has 0 saturated carbocycles. The van der Waals surface area contributed by atoms with Crippen molar-refractivity contribution in [1.82, 2.24) is 4.57 Å². The first kappa shape index (κ1) is 45.1. The number of hydrogen-bond donors (Lipinski definition) is 0. The molecule has 12 rings (SSSR count). The number of aromatic nitrogens is 3. The number of imidazole rings is 1. The second-order valence-electron chi connectivity index (χ2n) is 23.6.